The minimum Gasteiger partial charge on any atom is -0.481 e. The van der Waals surface area contributed by atoms with Crippen LogP contribution in [-0.4, -0.2) is 93.3 Å². The molecule has 54 heavy (non-hydrogen) atoms. The lowest BCUT2D eigenvalue weighted by Crippen LogP contribution is -2.49. The van der Waals surface area contributed by atoms with Gasteiger partial charge in [-0.3, -0.25) is 24.6 Å². The molecule has 8 rings (SSSR count). The Morgan fingerprint density at radius 1 is 0.778 bits per heavy atom. The number of nitrogens with zero attached hydrogens (tertiary/aromatic N) is 7. The zero-order valence-electron chi connectivity index (χ0n) is 31.4. The van der Waals surface area contributed by atoms with Gasteiger partial charge in [-0.2, -0.15) is 5.26 Å². The summed E-state index contributed by atoms with van der Waals surface area (Å²) in [5.74, 6) is 0.645. The Balaban J connectivity index is 0.917. The van der Waals surface area contributed by atoms with Crippen LogP contribution < -0.4 is 35.2 Å². The maximum Gasteiger partial charge on any atom is 0.267 e. The number of rotatable bonds is 7. The maximum absolute atomic E-state index is 13.2. The third-order valence-electron chi connectivity index (χ3n) is 11.8. The fraction of sp³-hybridized carbons (Fsp3) is 0.429. The molecule has 0 saturated carbocycles. The molecular formula is C42H48N8O4. The quantitative estimate of drug-likeness (QED) is 0.272. The molecule has 4 aliphatic heterocycles. The molecule has 12 nitrogen and oxygen atoms in total. The number of nitriles is 1. The van der Waals surface area contributed by atoms with Gasteiger partial charge < -0.3 is 28.9 Å². The van der Waals surface area contributed by atoms with Gasteiger partial charge in [0.2, 0.25) is 5.91 Å². The maximum atomic E-state index is 13.2. The van der Waals surface area contributed by atoms with Crippen molar-refractivity contribution in [1.29, 1.82) is 5.26 Å². The molecule has 2 amide bonds. The molecule has 4 aromatic rings. The number of anilines is 5. The second-order valence-corrected chi connectivity index (χ2v) is 15.2. The van der Waals surface area contributed by atoms with Crippen LogP contribution in [0.25, 0.3) is 10.9 Å². The third-order valence-corrected chi connectivity index (χ3v) is 11.8. The number of piperidine rings is 2. The second kappa shape index (κ2) is 14.7. The molecule has 0 bridgehead atoms. The largest absolute Gasteiger partial charge is 0.481 e. The molecule has 0 spiro atoms. The number of likely N-dealkylation sites (N-methyl/N-ethyl adjacent to an activating group) is 1. The Morgan fingerprint density at radius 2 is 1.52 bits per heavy atom. The van der Waals surface area contributed by atoms with Gasteiger partial charge in [-0.05, 0) is 86.3 Å². The number of hydrogen-bond donors (Lipinski definition) is 1. The van der Waals surface area contributed by atoms with Gasteiger partial charge in [0.15, 0.2) is 6.10 Å². The molecule has 0 aliphatic carbocycles. The smallest absolute Gasteiger partial charge is 0.267 e. The van der Waals surface area contributed by atoms with Crippen LogP contribution in [-0.2, 0) is 16.6 Å². The van der Waals surface area contributed by atoms with Crippen LogP contribution in [0.1, 0.15) is 36.8 Å². The fourth-order valence-electron chi connectivity index (χ4n) is 8.58. The van der Waals surface area contributed by atoms with Gasteiger partial charge in [-0.15, -0.1) is 0 Å². The van der Waals surface area contributed by atoms with Gasteiger partial charge in [-0.25, -0.2) is 0 Å². The number of benzene rings is 3. The number of carbonyl (C=O) groups excluding carboxylic acids is 2. The summed E-state index contributed by atoms with van der Waals surface area (Å²) < 4.78 is 7.65. The molecule has 3 fully saturated rings. The SMILES string of the molecule is Cc1cc2c(N3CCN(C)c4ccc(C#N)cc43)cc(N3CCC(CN4CCN(c5ccc(OC6CCC(=O)NC6=O)cc5)CC4)CC3)cc2n(C)c1=O. The number of carbonyl (C=O) groups is 2. The lowest BCUT2D eigenvalue weighted by atomic mass is 9.95. The summed E-state index contributed by atoms with van der Waals surface area (Å²) in [7, 11) is 3.97. The van der Waals surface area contributed by atoms with Crippen molar-refractivity contribution in [3.63, 3.8) is 0 Å². The Morgan fingerprint density at radius 3 is 2.24 bits per heavy atom. The summed E-state index contributed by atoms with van der Waals surface area (Å²) in [6, 6.07) is 22.7. The normalized spacial score (nSPS) is 19.9. The number of aryl methyl sites for hydroxylation is 2. The molecule has 1 N–H and O–H groups in total. The van der Waals surface area contributed by atoms with Crippen LogP contribution >= 0.6 is 0 Å². The summed E-state index contributed by atoms with van der Waals surface area (Å²) in [5, 5.41) is 13.1. The van der Waals surface area contributed by atoms with Crippen LogP contribution in [0.2, 0.25) is 0 Å². The Bertz CT molecular complexity index is 2180. The van der Waals surface area contributed by atoms with E-state index in [0.29, 0.717) is 30.1 Å². The molecule has 0 radical (unpaired) electrons. The van der Waals surface area contributed by atoms with Gasteiger partial charge in [0.1, 0.15) is 5.75 Å². The number of hydrogen-bond acceptors (Lipinski definition) is 10. The number of nitrogens with one attached hydrogen (secondary N) is 1. The minimum absolute atomic E-state index is 0.0192. The molecule has 3 aromatic carbocycles. The summed E-state index contributed by atoms with van der Waals surface area (Å²) in [6.07, 6.45) is 2.28. The lowest BCUT2D eigenvalue weighted by Gasteiger charge is -2.41. The second-order valence-electron chi connectivity index (χ2n) is 15.2. The Hall–Kier alpha value is -5.54. The highest BCUT2D eigenvalue weighted by atomic mass is 16.5. The minimum atomic E-state index is -0.631. The summed E-state index contributed by atoms with van der Waals surface area (Å²) in [6.45, 7) is 10.5. The lowest BCUT2D eigenvalue weighted by molar-refractivity contribution is -0.138. The monoisotopic (exact) mass is 728 g/mol. The van der Waals surface area contributed by atoms with Crippen LogP contribution in [0.3, 0.4) is 0 Å². The first kappa shape index (κ1) is 35.5. The van der Waals surface area contributed by atoms with E-state index in [4.69, 9.17) is 4.74 Å². The van der Waals surface area contributed by atoms with Crippen LogP contribution in [0.15, 0.2) is 65.5 Å². The fourth-order valence-corrected chi connectivity index (χ4v) is 8.58. The molecule has 1 unspecified atom stereocenters. The number of amides is 2. The Labute approximate surface area is 316 Å². The van der Waals surface area contributed by atoms with E-state index in [0.717, 1.165) is 117 Å². The summed E-state index contributed by atoms with van der Waals surface area (Å²) >= 11 is 0. The molecular weight excluding hydrogens is 681 g/mol. The first-order chi connectivity index (χ1) is 26.1. The average molecular weight is 729 g/mol. The average Bonchev–Trinajstić information content (AvgIpc) is 3.19. The van der Waals surface area contributed by atoms with Gasteiger partial charge in [0, 0.05) is 108 Å². The zero-order chi connectivity index (χ0) is 37.5. The Kier molecular flexibility index (Phi) is 9.67. The highest BCUT2D eigenvalue weighted by Gasteiger charge is 2.30. The van der Waals surface area contributed by atoms with E-state index in [-0.39, 0.29) is 17.4 Å². The standard InChI is InChI=1S/C42H48N8O4/c1-28-22-34-36(46(3)42(28)53)24-32(25-37(34)50-21-16-45(2)35-9-4-30(26-43)23-38(35)50)48-14-12-29(13-15-48)27-47-17-19-49(20-18-47)31-5-7-33(8-6-31)54-39-10-11-40(51)44-41(39)52/h4-9,22-25,29,39H,10-21,27H2,1-3H3,(H,44,51,52). The van der Waals surface area contributed by atoms with E-state index < -0.39 is 6.10 Å². The van der Waals surface area contributed by atoms with Crippen LogP contribution in [0.4, 0.5) is 28.4 Å². The van der Waals surface area contributed by atoms with Crippen molar-refractivity contribution in [2.75, 3.05) is 85.6 Å². The molecule has 1 aromatic heterocycles. The van der Waals surface area contributed by atoms with Gasteiger partial charge in [-0.1, -0.05) is 0 Å². The van der Waals surface area contributed by atoms with Gasteiger partial charge in [0.25, 0.3) is 11.5 Å². The van der Waals surface area contributed by atoms with Crippen molar-refractivity contribution in [2.24, 2.45) is 13.0 Å². The highest BCUT2D eigenvalue weighted by Crippen LogP contribution is 2.42. The van der Waals surface area contributed by atoms with E-state index in [9.17, 15) is 19.6 Å². The molecule has 4 aliphatic rings. The van der Waals surface area contributed by atoms with E-state index in [1.165, 1.54) is 0 Å². The molecule has 3 saturated heterocycles. The van der Waals surface area contributed by atoms with Crippen LogP contribution in [0.5, 0.6) is 5.75 Å². The number of imide groups is 1. The van der Waals surface area contributed by atoms with E-state index >= 15 is 0 Å². The van der Waals surface area contributed by atoms with E-state index in [1.54, 1.807) is 4.57 Å². The molecule has 1 atom stereocenters. The van der Waals surface area contributed by atoms with E-state index in [2.05, 4.69) is 67.2 Å². The summed E-state index contributed by atoms with van der Waals surface area (Å²) in [5.41, 5.74) is 7.75. The number of aromatic nitrogens is 1. The highest BCUT2D eigenvalue weighted by molar-refractivity contribution is 6.00. The number of pyridine rings is 1. The van der Waals surface area contributed by atoms with Crippen molar-refractivity contribution in [3.8, 4) is 11.8 Å². The van der Waals surface area contributed by atoms with Crippen molar-refractivity contribution in [1.82, 2.24) is 14.8 Å². The topological polar surface area (TPSA) is 117 Å². The van der Waals surface area contributed by atoms with Crippen LogP contribution in [0, 0.1) is 24.2 Å². The van der Waals surface area contributed by atoms with Gasteiger partial charge >= 0.3 is 0 Å². The van der Waals surface area contributed by atoms with Crippen molar-refractivity contribution in [2.45, 2.75) is 38.7 Å². The van der Waals surface area contributed by atoms with Crippen molar-refractivity contribution < 1.29 is 14.3 Å². The predicted molar refractivity (Wildman–Crippen MR) is 212 cm³/mol. The van der Waals surface area contributed by atoms with Crippen molar-refractivity contribution >= 4 is 51.2 Å². The number of fused-ring (bicyclic) bond motifs is 2. The van der Waals surface area contributed by atoms with Gasteiger partial charge in [0.05, 0.1) is 34.2 Å². The molecule has 5 heterocycles. The van der Waals surface area contributed by atoms with E-state index in [1.807, 2.05) is 50.4 Å². The first-order valence-electron chi connectivity index (χ1n) is 19.1. The molecule has 12 heteroatoms. The number of ether oxygens (including phenoxy) is 1. The predicted octanol–water partition coefficient (Wildman–Crippen LogP) is 4.53. The summed E-state index contributed by atoms with van der Waals surface area (Å²) in [4.78, 5) is 48.8. The van der Waals surface area contributed by atoms with Crippen molar-refractivity contribution in [3.05, 3.63) is 82.1 Å². The molecule has 280 valence electrons. The zero-order valence-corrected chi connectivity index (χ0v) is 31.4. The number of piperazine rings is 1. The third kappa shape index (κ3) is 6.96. The first-order valence-corrected chi connectivity index (χ1v) is 19.1.